The first-order valence-electron chi connectivity index (χ1n) is 7.79. The Hall–Kier alpha value is -1.34. The van der Waals surface area contributed by atoms with Crippen molar-refractivity contribution < 1.29 is 4.79 Å². The van der Waals surface area contributed by atoms with Crippen molar-refractivity contribution in [1.29, 1.82) is 0 Å². The lowest BCUT2D eigenvalue weighted by atomic mass is 10.2. The highest BCUT2D eigenvalue weighted by Gasteiger charge is 2.20. The number of hydrogen-bond donors (Lipinski definition) is 1. The molecule has 2 heterocycles. The summed E-state index contributed by atoms with van der Waals surface area (Å²) in [6.45, 7) is 3.72. The topological polar surface area (TPSA) is 48.5 Å². The Bertz CT molecular complexity index is 794. The van der Waals surface area contributed by atoms with Gasteiger partial charge in [0.15, 0.2) is 0 Å². The number of halogens is 3. The van der Waals surface area contributed by atoms with Gasteiger partial charge in [0.25, 0.3) is 5.91 Å². The van der Waals surface area contributed by atoms with Crippen molar-refractivity contribution in [1.82, 2.24) is 9.88 Å². The molecular weight excluding hydrogens is 427 g/mol. The summed E-state index contributed by atoms with van der Waals surface area (Å²) < 4.78 is 0.687. The predicted molar refractivity (Wildman–Crippen MR) is 106 cm³/mol. The molecule has 132 valence electrons. The first-order valence-corrected chi connectivity index (χ1v) is 9.34. The Morgan fingerprint density at radius 1 is 1.20 bits per heavy atom. The van der Waals surface area contributed by atoms with E-state index >= 15 is 0 Å². The smallest absolute Gasteiger partial charge is 0.258 e. The number of anilines is 2. The van der Waals surface area contributed by atoms with E-state index in [0.717, 1.165) is 31.9 Å². The standard InChI is InChI=1S/C17H17BrCl2N4O/c1-23-4-6-24(7-5-23)15-3-2-12(19)9-14(15)22-17(25)13-8-11(18)10-21-16(13)20/h2-3,8-10H,4-7H2,1H3,(H,22,25). The molecule has 8 heteroatoms. The minimum atomic E-state index is -0.323. The predicted octanol–water partition coefficient (Wildman–Crippen LogP) is 4.16. The fourth-order valence-corrected chi connectivity index (χ4v) is 3.40. The van der Waals surface area contributed by atoms with Crippen LogP contribution in [0, 0.1) is 0 Å². The molecule has 1 fully saturated rings. The van der Waals surface area contributed by atoms with Crippen LogP contribution in [0.2, 0.25) is 10.2 Å². The van der Waals surface area contributed by atoms with Crippen LogP contribution in [0.4, 0.5) is 11.4 Å². The molecule has 0 radical (unpaired) electrons. The average Bonchev–Trinajstić information content (AvgIpc) is 2.58. The van der Waals surface area contributed by atoms with Crippen molar-refractivity contribution in [2.45, 2.75) is 0 Å². The Kier molecular flexibility index (Phi) is 5.84. The zero-order valence-electron chi connectivity index (χ0n) is 13.6. The number of pyridine rings is 1. The monoisotopic (exact) mass is 442 g/mol. The van der Waals surface area contributed by atoms with Gasteiger partial charge in [-0.25, -0.2) is 4.98 Å². The third-order valence-electron chi connectivity index (χ3n) is 4.10. The van der Waals surface area contributed by atoms with Gasteiger partial charge < -0.3 is 15.1 Å². The highest BCUT2D eigenvalue weighted by atomic mass is 79.9. The van der Waals surface area contributed by atoms with E-state index in [2.05, 4.69) is 43.1 Å². The number of carbonyl (C=O) groups is 1. The van der Waals surface area contributed by atoms with Crippen LogP contribution in [0.5, 0.6) is 0 Å². The highest BCUT2D eigenvalue weighted by molar-refractivity contribution is 9.10. The third-order valence-corrected chi connectivity index (χ3v) is 5.07. The van der Waals surface area contributed by atoms with Gasteiger partial charge in [-0.1, -0.05) is 23.2 Å². The zero-order valence-corrected chi connectivity index (χ0v) is 16.7. The number of carbonyl (C=O) groups excluding carboxylic acids is 1. The van der Waals surface area contributed by atoms with Gasteiger partial charge in [0, 0.05) is 41.9 Å². The molecule has 0 unspecified atom stereocenters. The molecule has 0 atom stereocenters. The lowest BCUT2D eigenvalue weighted by Crippen LogP contribution is -2.44. The van der Waals surface area contributed by atoms with E-state index in [1.807, 2.05) is 12.1 Å². The van der Waals surface area contributed by atoms with Crippen molar-refractivity contribution in [3.63, 3.8) is 0 Å². The van der Waals surface area contributed by atoms with Crippen molar-refractivity contribution in [3.05, 3.63) is 50.7 Å². The van der Waals surface area contributed by atoms with Crippen molar-refractivity contribution in [2.75, 3.05) is 43.4 Å². The molecule has 0 saturated carbocycles. The maximum absolute atomic E-state index is 12.7. The second kappa shape index (κ2) is 7.91. The summed E-state index contributed by atoms with van der Waals surface area (Å²) in [5, 5.41) is 3.64. The first-order chi connectivity index (χ1) is 11.9. The van der Waals surface area contributed by atoms with Gasteiger partial charge in [-0.2, -0.15) is 0 Å². The average molecular weight is 444 g/mol. The van der Waals surface area contributed by atoms with Crippen LogP contribution in [0.3, 0.4) is 0 Å². The number of likely N-dealkylation sites (N-methyl/N-ethyl adjacent to an activating group) is 1. The number of amides is 1. The van der Waals surface area contributed by atoms with E-state index in [1.165, 1.54) is 0 Å². The van der Waals surface area contributed by atoms with Crippen molar-refractivity contribution in [3.8, 4) is 0 Å². The summed E-state index contributed by atoms with van der Waals surface area (Å²) in [5.41, 5.74) is 1.92. The number of aromatic nitrogens is 1. The normalized spacial score (nSPS) is 15.3. The fraction of sp³-hybridized carbons (Fsp3) is 0.294. The van der Waals surface area contributed by atoms with E-state index in [9.17, 15) is 4.79 Å². The molecule has 1 aliphatic rings. The molecule has 2 aromatic rings. The maximum Gasteiger partial charge on any atom is 0.258 e. The van der Waals surface area contributed by atoms with Crippen LogP contribution < -0.4 is 10.2 Å². The SMILES string of the molecule is CN1CCN(c2ccc(Cl)cc2NC(=O)c2cc(Br)cnc2Cl)CC1. The minimum absolute atomic E-state index is 0.156. The molecular formula is C17H17BrCl2N4O. The Balaban J connectivity index is 1.87. The van der Waals surface area contributed by atoms with Crippen molar-refractivity contribution >= 4 is 56.4 Å². The van der Waals surface area contributed by atoms with E-state index < -0.39 is 0 Å². The molecule has 3 rings (SSSR count). The molecule has 0 spiro atoms. The zero-order chi connectivity index (χ0) is 18.0. The number of benzene rings is 1. The first kappa shape index (κ1) is 18.5. The number of hydrogen-bond acceptors (Lipinski definition) is 4. The number of piperazine rings is 1. The Labute approximate surface area is 165 Å². The summed E-state index contributed by atoms with van der Waals surface area (Å²) in [5.74, 6) is -0.323. The molecule has 0 bridgehead atoms. The number of nitrogens with one attached hydrogen (secondary N) is 1. The fourth-order valence-electron chi connectivity index (χ4n) is 2.70. The van der Waals surface area contributed by atoms with Crippen LogP contribution in [0.1, 0.15) is 10.4 Å². The van der Waals surface area contributed by atoms with Crippen LogP contribution in [-0.4, -0.2) is 49.0 Å². The van der Waals surface area contributed by atoms with Crippen LogP contribution >= 0.6 is 39.1 Å². The quantitative estimate of drug-likeness (QED) is 0.723. The lowest BCUT2D eigenvalue weighted by Gasteiger charge is -2.35. The summed E-state index contributed by atoms with van der Waals surface area (Å²) >= 11 is 15.5. The molecule has 1 aliphatic heterocycles. The molecule has 0 aliphatic carbocycles. The van der Waals surface area contributed by atoms with Crippen molar-refractivity contribution in [2.24, 2.45) is 0 Å². The number of rotatable bonds is 3. The van der Waals surface area contributed by atoms with Gasteiger partial charge in [0.2, 0.25) is 0 Å². The van der Waals surface area contributed by atoms with Gasteiger partial charge in [0.1, 0.15) is 5.15 Å². The molecule has 1 saturated heterocycles. The molecule has 1 aromatic heterocycles. The van der Waals surface area contributed by atoms with Crippen LogP contribution in [-0.2, 0) is 0 Å². The van der Waals surface area contributed by atoms with E-state index in [1.54, 1.807) is 18.3 Å². The highest BCUT2D eigenvalue weighted by Crippen LogP contribution is 2.31. The van der Waals surface area contributed by atoms with Crippen LogP contribution in [0.25, 0.3) is 0 Å². The lowest BCUT2D eigenvalue weighted by molar-refractivity contribution is 0.102. The number of nitrogens with zero attached hydrogens (tertiary/aromatic N) is 3. The molecule has 1 amide bonds. The van der Waals surface area contributed by atoms with E-state index in [0.29, 0.717) is 20.7 Å². The second-order valence-electron chi connectivity index (χ2n) is 5.90. The largest absolute Gasteiger partial charge is 0.367 e. The van der Waals surface area contributed by atoms with Gasteiger partial charge in [-0.15, -0.1) is 0 Å². The summed E-state index contributed by atoms with van der Waals surface area (Å²) in [7, 11) is 2.10. The Morgan fingerprint density at radius 2 is 1.92 bits per heavy atom. The van der Waals surface area contributed by atoms with E-state index in [4.69, 9.17) is 23.2 Å². The molecule has 25 heavy (non-hydrogen) atoms. The van der Waals surface area contributed by atoms with Crippen LogP contribution in [0.15, 0.2) is 34.9 Å². The molecule has 5 nitrogen and oxygen atoms in total. The van der Waals surface area contributed by atoms with Gasteiger partial charge in [0.05, 0.1) is 16.9 Å². The van der Waals surface area contributed by atoms with E-state index in [-0.39, 0.29) is 11.1 Å². The summed E-state index contributed by atoms with van der Waals surface area (Å²) in [6.07, 6.45) is 1.55. The molecule has 1 aromatic carbocycles. The maximum atomic E-state index is 12.7. The summed E-state index contributed by atoms with van der Waals surface area (Å²) in [4.78, 5) is 21.2. The minimum Gasteiger partial charge on any atom is -0.367 e. The van der Waals surface area contributed by atoms with Gasteiger partial charge >= 0.3 is 0 Å². The van der Waals surface area contributed by atoms with Gasteiger partial charge in [-0.05, 0) is 47.2 Å². The third kappa shape index (κ3) is 4.44. The summed E-state index contributed by atoms with van der Waals surface area (Å²) in [6, 6.07) is 7.17. The molecule has 1 N–H and O–H groups in total. The second-order valence-corrected chi connectivity index (χ2v) is 7.61. The Morgan fingerprint density at radius 3 is 2.64 bits per heavy atom. The van der Waals surface area contributed by atoms with Gasteiger partial charge in [-0.3, -0.25) is 4.79 Å².